The summed E-state index contributed by atoms with van der Waals surface area (Å²) in [6.45, 7) is 1.75. The van der Waals surface area contributed by atoms with Crippen molar-refractivity contribution in [3.8, 4) is 0 Å². The standard InChI is InChI=1S/C15H11FN2O3/c1-8-4-5-21-14(8)12(19)7-13-17-11-6-9(16)2-3-10(11)15(20)18-13/h2-6H,7H2,1H3,(H,17,18,20). The number of carbonyl (C=O) groups excluding carboxylic acids is 1. The summed E-state index contributed by atoms with van der Waals surface area (Å²) in [5.74, 6) is -0.368. The van der Waals surface area contributed by atoms with E-state index in [2.05, 4.69) is 9.97 Å². The lowest BCUT2D eigenvalue weighted by Gasteiger charge is -2.02. The highest BCUT2D eigenvalue weighted by atomic mass is 19.1. The molecule has 106 valence electrons. The van der Waals surface area contributed by atoms with Crippen LogP contribution in [0.2, 0.25) is 0 Å². The quantitative estimate of drug-likeness (QED) is 0.750. The molecule has 1 aromatic carbocycles. The molecule has 0 saturated carbocycles. The largest absolute Gasteiger partial charge is 0.461 e. The van der Waals surface area contributed by atoms with Gasteiger partial charge in [-0.15, -0.1) is 0 Å². The lowest BCUT2D eigenvalue weighted by atomic mass is 10.1. The summed E-state index contributed by atoms with van der Waals surface area (Å²) in [5.41, 5.74) is 0.533. The van der Waals surface area contributed by atoms with Gasteiger partial charge in [0.1, 0.15) is 11.6 Å². The second kappa shape index (κ2) is 4.97. The minimum atomic E-state index is -0.486. The van der Waals surface area contributed by atoms with Gasteiger partial charge in [0, 0.05) is 6.07 Å². The summed E-state index contributed by atoms with van der Waals surface area (Å²) in [5, 5.41) is 0.279. The molecule has 0 unspecified atom stereocenters. The van der Waals surface area contributed by atoms with Crippen molar-refractivity contribution in [1.82, 2.24) is 9.97 Å². The highest BCUT2D eigenvalue weighted by Crippen LogP contribution is 2.13. The molecule has 0 spiro atoms. The average molecular weight is 286 g/mol. The second-order valence-electron chi connectivity index (χ2n) is 4.71. The molecule has 0 atom stereocenters. The summed E-state index contributed by atoms with van der Waals surface area (Å²) in [4.78, 5) is 30.6. The van der Waals surface area contributed by atoms with Crippen LogP contribution in [0, 0.1) is 12.7 Å². The number of aryl methyl sites for hydroxylation is 1. The number of hydrogen-bond acceptors (Lipinski definition) is 4. The molecular weight excluding hydrogens is 275 g/mol. The van der Waals surface area contributed by atoms with Gasteiger partial charge < -0.3 is 9.40 Å². The molecule has 1 N–H and O–H groups in total. The lowest BCUT2D eigenvalue weighted by molar-refractivity contribution is 0.0963. The zero-order valence-electron chi connectivity index (χ0n) is 11.1. The van der Waals surface area contributed by atoms with Crippen LogP contribution < -0.4 is 5.56 Å². The first-order valence-electron chi connectivity index (χ1n) is 6.30. The van der Waals surface area contributed by atoms with E-state index in [4.69, 9.17) is 4.42 Å². The maximum Gasteiger partial charge on any atom is 0.258 e. The predicted molar refractivity (Wildman–Crippen MR) is 73.8 cm³/mol. The number of nitrogens with one attached hydrogen (secondary N) is 1. The Bertz CT molecular complexity index is 895. The molecule has 6 heteroatoms. The third-order valence-electron chi connectivity index (χ3n) is 3.16. The maximum atomic E-state index is 13.2. The fourth-order valence-corrected chi connectivity index (χ4v) is 2.14. The van der Waals surface area contributed by atoms with E-state index in [1.54, 1.807) is 13.0 Å². The van der Waals surface area contributed by atoms with E-state index in [1.807, 2.05) is 0 Å². The summed E-state index contributed by atoms with van der Waals surface area (Å²) >= 11 is 0. The summed E-state index contributed by atoms with van der Waals surface area (Å²) in [6, 6.07) is 5.39. The topological polar surface area (TPSA) is 76.0 Å². The van der Waals surface area contributed by atoms with E-state index in [9.17, 15) is 14.0 Å². The number of aromatic nitrogens is 2. The first-order valence-corrected chi connectivity index (χ1v) is 6.30. The summed E-state index contributed by atoms with van der Waals surface area (Å²) < 4.78 is 18.3. The monoisotopic (exact) mass is 286 g/mol. The maximum absolute atomic E-state index is 13.2. The number of carbonyl (C=O) groups is 1. The van der Waals surface area contributed by atoms with E-state index in [1.165, 1.54) is 18.4 Å². The number of rotatable bonds is 3. The van der Waals surface area contributed by atoms with Crippen molar-refractivity contribution >= 4 is 16.7 Å². The zero-order chi connectivity index (χ0) is 15.0. The first-order chi connectivity index (χ1) is 10.0. The molecule has 3 aromatic rings. The molecule has 0 radical (unpaired) electrons. The molecule has 0 aliphatic carbocycles. The minimum absolute atomic E-state index is 0.115. The van der Waals surface area contributed by atoms with Crippen LogP contribution in [0.4, 0.5) is 4.39 Å². The molecular formula is C15H11FN2O3. The second-order valence-corrected chi connectivity index (χ2v) is 4.71. The average Bonchev–Trinajstić information content (AvgIpc) is 2.84. The van der Waals surface area contributed by atoms with Gasteiger partial charge in [-0.3, -0.25) is 9.59 Å². The van der Waals surface area contributed by atoms with Crippen LogP contribution in [0.3, 0.4) is 0 Å². The zero-order valence-corrected chi connectivity index (χ0v) is 11.1. The van der Waals surface area contributed by atoms with E-state index >= 15 is 0 Å². The summed E-state index contributed by atoms with van der Waals surface area (Å²) in [6.07, 6.45) is 1.31. The molecule has 0 bridgehead atoms. The van der Waals surface area contributed by atoms with Crippen molar-refractivity contribution in [2.75, 3.05) is 0 Å². The number of aromatic amines is 1. The number of nitrogens with zero attached hydrogens (tertiary/aromatic N) is 1. The Kier molecular flexibility index (Phi) is 3.13. The van der Waals surface area contributed by atoms with Crippen LogP contribution in [0.1, 0.15) is 21.9 Å². The SMILES string of the molecule is Cc1ccoc1C(=O)Cc1nc2cc(F)ccc2c(=O)[nH]1. The Morgan fingerprint density at radius 2 is 2.19 bits per heavy atom. The number of furan rings is 1. The van der Waals surface area contributed by atoms with Gasteiger partial charge in [-0.1, -0.05) is 0 Å². The summed E-state index contributed by atoms with van der Waals surface area (Å²) in [7, 11) is 0. The van der Waals surface area contributed by atoms with E-state index in [0.717, 1.165) is 6.07 Å². The van der Waals surface area contributed by atoms with Gasteiger partial charge in [0.05, 0.1) is 23.6 Å². The van der Waals surface area contributed by atoms with Gasteiger partial charge in [0.25, 0.3) is 5.56 Å². The fraction of sp³-hybridized carbons (Fsp3) is 0.133. The Morgan fingerprint density at radius 3 is 2.90 bits per heavy atom. The molecule has 2 aromatic heterocycles. The smallest absolute Gasteiger partial charge is 0.258 e. The highest BCUT2D eigenvalue weighted by Gasteiger charge is 2.15. The van der Waals surface area contributed by atoms with Crippen LogP contribution >= 0.6 is 0 Å². The molecule has 3 rings (SSSR count). The van der Waals surface area contributed by atoms with Crippen molar-refractivity contribution in [2.24, 2.45) is 0 Å². The van der Waals surface area contributed by atoms with Crippen molar-refractivity contribution in [1.29, 1.82) is 0 Å². The number of ketones is 1. The molecule has 0 saturated heterocycles. The lowest BCUT2D eigenvalue weighted by Crippen LogP contribution is -2.15. The fourth-order valence-electron chi connectivity index (χ4n) is 2.14. The Labute approximate surface area is 118 Å². The highest BCUT2D eigenvalue weighted by molar-refractivity contribution is 5.96. The number of hydrogen-bond donors (Lipinski definition) is 1. The Hall–Kier alpha value is -2.76. The van der Waals surface area contributed by atoms with Crippen molar-refractivity contribution in [3.63, 3.8) is 0 Å². The predicted octanol–water partition coefficient (Wildman–Crippen LogP) is 2.39. The molecule has 2 heterocycles. The van der Waals surface area contributed by atoms with Gasteiger partial charge in [0.2, 0.25) is 5.78 Å². The van der Waals surface area contributed by atoms with Crippen molar-refractivity contribution < 1.29 is 13.6 Å². The molecule has 0 aliphatic heterocycles. The third-order valence-corrected chi connectivity index (χ3v) is 3.16. The Balaban J connectivity index is 2.00. The van der Waals surface area contributed by atoms with Crippen LogP contribution in [-0.4, -0.2) is 15.8 Å². The van der Waals surface area contributed by atoms with E-state index in [-0.39, 0.29) is 34.7 Å². The van der Waals surface area contributed by atoms with Gasteiger partial charge in [-0.25, -0.2) is 9.37 Å². The van der Waals surface area contributed by atoms with Gasteiger partial charge in [0.15, 0.2) is 5.76 Å². The number of benzene rings is 1. The van der Waals surface area contributed by atoms with Gasteiger partial charge in [-0.2, -0.15) is 0 Å². The molecule has 0 fully saturated rings. The van der Waals surface area contributed by atoms with Crippen LogP contribution in [-0.2, 0) is 6.42 Å². The van der Waals surface area contributed by atoms with Crippen LogP contribution in [0.15, 0.2) is 39.7 Å². The molecule has 21 heavy (non-hydrogen) atoms. The number of fused-ring (bicyclic) bond motifs is 1. The van der Waals surface area contributed by atoms with E-state index < -0.39 is 11.4 Å². The number of Topliss-reactive ketones (excluding diaryl/α,β-unsaturated/α-hetero) is 1. The first kappa shape index (κ1) is 13.2. The van der Waals surface area contributed by atoms with Gasteiger partial charge >= 0.3 is 0 Å². The molecule has 0 aliphatic rings. The van der Waals surface area contributed by atoms with Gasteiger partial charge in [-0.05, 0) is 30.7 Å². The van der Waals surface area contributed by atoms with Crippen molar-refractivity contribution in [2.45, 2.75) is 13.3 Å². The van der Waals surface area contributed by atoms with Crippen LogP contribution in [0.25, 0.3) is 10.9 Å². The normalized spacial score (nSPS) is 11.0. The minimum Gasteiger partial charge on any atom is -0.461 e. The molecule has 0 amide bonds. The third kappa shape index (κ3) is 2.47. The van der Waals surface area contributed by atoms with Crippen LogP contribution in [0.5, 0.6) is 0 Å². The number of H-pyrrole nitrogens is 1. The molecule has 5 nitrogen and oxygen atoms in total. The Morgan fingerprint density at radius 1 is 1.38 bits per heavy atom. The number of halogens is 1. The van der Waals surface area contributed by atoms with E-state index in [0.29, 0.717) is 5.56 Å². The van der Waals surface area contributed by atoms with Crippen molar-refractivity contribution in [3.05, 3.63) is 63.8 Å².